The topological polar surface area (TPSA) is 27.6 Å². The number of aliphatic imine (C=N–C) groups is 1. The Balaban J connectivity index is 2.33. The molecule has 0 amide bonds. The fraction of sp³-hybridized carbons (Fsp3) is 0.417. The minimum absolute atomic E-state index is 0.0327. The molecule has 1 aliphatic rings. The fourth-order valence-corrected chi connectivity index (χ4v) is 3.09. The van der Waals surface area contributed by atoms with Crippen LogP contribution in [0.25, 0.3) is 0 Å². The van der Waals surface area contributed by atoms with Crippen molar-refractivity contribution in [1.29, 1.82) is 0 Å². The third-order valence-electron chi connectivity index (χ3n) is 2.87. The second kappa shape index (κ2) is 4.70. The van der Waals surface area contributed by atoms with Gasteiger partial charge in [0.25, 0.3) is 0 Å². The Labute approximate surface area is 111 Å². The zero-order valence-corrected chi connectivity index (χ0v) is 12.0. The van der Waals surface area contributed by atoms with E-state index in [1.54, 1.807) is 17.5 Å². The highest BCUT2D eigenvalue weighted by Crippen LogP contribution is 2.34. The molecule has 0 aliphatic carbocycles. The van der Waals surface area contributed by atoms with E-state index in [0.29, 0.717) is 0 Å². The van der Waals surface area contributed by atoms with Crippen LogP contribution < -0.4 is 5.32 Å². The quantitative estimate of drug-likeness (QED) is 0.849. The third-order valence-corrected chi connectivity index (χ3v) is 4.45. The fourth-order valence-electron chi connectivity index (χ4n) is 1.68. The molecule has 0 saturated carbocycles. The number of hydrogen-bond acceptors (Lipinski definition) is 4. The van der Waals surface area contributed by atoms with Gasteiger partial charge in [0.05, 0.1) is 5.03 Å². The Bertz CT molecular complexity index is 488. The van der Waals surface area contributed by atoms with E-state index in [1.807, 2.05) is 19.0 Å². The highest BCUT2D eigenvalue weighted by Gasteiger charge is 2.24. The minimum Gasteiger partial charge on any atom is -0.349 e. The van der Waals surface area contributed by atoms with Crippen LogP contribution in [0.4, 0.5) is 0 Å². The largest absolute Gasteiger partial charge is 0.349 e. The molecule has 2 rings (SSSR count). The van der Waals surface area contributed by atoms with Gasteiger partial charge < -0.3 is 10.2 Å². The van der Waals surface area contributed by atoms with E-state index < -0.39 is 0 Å². The lowest BCUT2D eigenvalue weighted by Crippen LogP contribution is -2.40. The first-order valence-corrected chi connectivity index (χ1v) is 6.68. The molecular weight excluding hydrogens is 254 g/mol. The van der Waals surface area contributed by atoms with Gasteiger partial charge in [-0.3, -0.25) is 0 Å². The number of rotatable bonds is 1. The molecule has 1 N–H and O–H groups in total. The van der Waals surface area contributed by atoms with Crippen molar-refractivity contribution in [2.24, 2.45) is 4.99 Å². The molecule has 0 radical (unpaired) electrons. The van der Waals surface area contributed by atoms with Crippen molar-refractivity contribution in [2.45, 2.75) is 19.9 Å². The normalized spacial score (nSPS) is 19.5. The van der Waals surface area contributed by atoms with E-state index in [-0.39, 0.29) is 6.04 Å². The molecule has 3 nitrogen and oxygen atoms in total. The molecule has 0 bridgehead atoms. The molecular formula is C12H16ClN3S. The van der Waals surface area contributed by atoms with Gasteiger partial charge >= 0.3 is 0 Å². The number of guanidine groups is 1. The Kier molecular flexibility index (Phi) is 3.45. The van der Waals surface area contributed by atoms with E-state index in [1.165, 1.54) is 16.0 Å². The number of hydrogen-bond donors (Lipinski definition) is 1. The Morgan fingerprint density at radius 3 is 2.65 bits per heavy atom. The molecule has 1 aromatic heterocycles. The van der Waals surface area contributed by atoms with Gasteiger partial charge in [-0.15, -0.1) is 11.3 Å². The molecule has 1 aliphatic heterocycles. The summed E-state index contributed by atoms with van der Waals surface area (Å²) in [6.45, 7) is 4.25. The summed E-state index contributed by atoms with van der Waals surface area (Å²) >= 11 is 7.99. The van der Waals surface area contributed by atoms with Gasteiger partial charge in [-0.2, -0.15) is 0 Å². The van der Waals surface area contributed by atoms with E-state index in [2.05, 4.69) is 29.5 Å². The first-order valence-electron chi connectivity index (χ1n) is 5.42. The lowest BCUT2D eigenvalue weighted by Gasteiger charge is -2.26. The molecule has 1 aromatic rings. The highest BCUT2D eigenvalue weighted by molar-refractivity contribution is 7.10. The van der Waals surface area contributed by atoms with Crippen LogP contribution in [0.15, 0.2) is 21.6 Å². The maximum Gasteiger partial charge on any atom is 0.198 e. The molecule has 0 spiro atoms. The van der Waals surface area contributed by atoms with Crippen molar-refractivity contribution in [2.75, 3.05) is 14.1 Å². The molecule has 0 aromatic carbocycles. The lowest BCUT2D eigenvalue weighted by atomic mass is 10.1. The SMILES string of the molecule is Cc1csc(C2NC(N(C)C)=NC=C2Cl)c1C. The van der Waals surface area contributed by atoms with Crippen LogP contribution in [0.2, 0.25) is 0 Å². The lowest BCUT2D eigenvalue weighted by molar-refractivity contribution is 0.565. The van der Waals surface area contributed by atoms with Gasteiger partial charge in [0.15, 0.2) is 5.96 Å². The summed E-state index contributed by atoms with van der Waals surface area (Å²) in [6, 6.07) is 0.0327. The van der Waals surface area contributed by atoms with Crippen molar-refractivity contribution in [3.05, 3.63) is 32.6 Å². The van der Waals surface area contributed by atoms with Crippen molar-refractivity contribution < 1.29 is 0 Å². The van der Waals surface area contributed by atoms with E-state index in [4.69, 9.17) is 11.6 Å². The van der Waals surface area contributed by atoms with Crippen LogP contribution in [-0.4, -0.2) is 25.0 Å². The molecule has 1 atom stereocenters. The zero-order chi connectivity index (χ0) is 12.6. The molecule has 5 heteroatoms. The van der Waals surface area contributed by atoms with Crippen molar-refractivity contribution in [3.63, 3.8) is 0 Å². The predicted octanol–water partition coefficient (Wildman–Crippen LogP) is 3.01. The Morgan fingerprint density at radius 2 is 2.12 bits per heavy atom. The van der Waals surface area contributed by atoms with E-state index >= 15 is 0 Å². The molecule has 2 heterocycles. The first-order chi connectivity index (χ1) is 8.00. The summed E-state index contributed by atoms with van der Waals surface area (Å²) in [5.41, 5.74) is 2.62. The van der Waals surface area contributed by atoms with Crippen LogP contribution in [0.1, 0.15) is 22.0 Å². The van der Waals surface area contributed by atoms with Crippen LogP contribution in [0, 0.1) is 13.8 Å². The Morgan fingerprint density at radius 1 is 1.41 bits per heavy atom. The van der Waals surface area contributed by atoms with Crippen molar-refractivity contribution in [1.82, 2.24) is 10.2 Å². The maximum atomic E-state index is 6.25. The van der Waals surface area contributed by atoms with Gasteiger partial charge in [-0.05, 0) is 30.4 Å². The van der Waals surface area contributed by atoms with Crippen LogP contribution in [0.5, 0.6) is 0 Å². The van der Waals surface area contributed by atoms with Crippen LogP contribution in [0.3, 0.4) is 0 Å². The number of halogens is 1. The first kappa shape index (κ1) is 12.5. The summed E-state index contributed by atoms with van der Waals surface area (Å²) in [5.74, 6) is 0.838. The second-order valence-electron chi connectivity index (χ2n) is 4.35. The van der Waals surface area contributed by atoms with Gasteiger partial charge in [0.2, 0.25) is 0 Å². The Hall–Kier alpha value is -1.000. The molecule has 92 valence electrons. The van der Waals surface area contributed by atoms with Gasteiger partial charge in [-0.1, -0.05) is 11.6 Å². The van der Waals surface area contributed by atoms with Crippen LogP contribution >= 0.6 is 22.9 Å². The van der Waals surface area contributed by atoms with Crippen LogP contribution in [-0.2, 0) is 0 Å². The van der Waals surface area contributed by atoms with Crippen molar-refractivity contribution >= 4 is 28.9 Å². The highest BCUT2D eigenvalue weighted by atomic mass is 35.5. The van der Waals surface area contributed by atoms with Crippen molar-refractivity contribution in [3.8, 4) is 0 Å². The zero-order valence-electron chi connectivity index (χ0n) is 10.4. The number of thiophene rings is 1. The summed E-state index contributed by atoms with van der Waals surface area (Å²) < 4.78 is 0. The summed E-state index contributed by atoms with van der Waals surface area (Å²) in [6.07, 6.45) is 1.73. The third kappa shape index (κ3) is 2.33. The van der Waals surface area contributed by atoms with E-state index in [0.717, 1.165) is 11.0 Å². The predicted molar refractivity (Wildman–Crippen MR) is 74.7 cm³/mol. The number of aryl methyl sites for hydroxylation is 1. The minimum atomic E-state index is 0.0327. The van der Waals surface area contributed by atoms with E-state index in [9.17, 15) is 0 Å². The average Bonchev–Trinajstić information content (AvgIpc) is 2.60. The summed E-state index contributed by atoms with van der Waals surface area (Å²) in [7, 11) is 3.92. The maximum absolute atomic E-state index is 6.25. The molecule has 17 heavy (non-hydrogen) atoms. The van der Waals surface area contributed by atoms with Gasteiger partial charge in [0.1, 0.15) is 6.04 Å². The smallest absolute Gasteiger partial charge is 0.198 e. The molecule has 0 fully saturated rings. The molecule has 0 saturated heterocycles. The monoisotopic (exact) mass is 269 g/mol. The summed E-state index contributed by atoms with van der Waals surface area (Å²) in [4.78, 5) is 7.47. The second-order valence-corrected chi connectivity index (χ2v) is 5.69. The van der Waals surface area contributed by atoms with Gasteiger partial charge in [-0.25, -0.2) is 4.99 Å². The summed E-state index contributed by atoms with van der Waals surface area (Å²) in [5, 5.41) is 6.26. The standard InChI is InChI=1S/C12H16ClN3S/c1-7-6-17-11(8(7)2)10-9(13)5-14-12(15-10)16(3)4/h5-6,10H,1-4H3,(H,14,15). The number of nitrogens with one attached hydrogen (secondary N) is 1. The van der Waals surface area contributed by atoms with Gasteiger partial charge in [0, 0.05) is 25.2 Å². The number of nitrogens with zero attached hydrogens (tertiary/aromatic N) is 2. The molecule has 1 unspecified atom stereocenters. The average molecular weight is 270 g/mol.